The van der Waals surface area contributed by atoms with Gasteiger partial charge in [0.1, 0.15) is 6.42 Å². The molecule has 25 heavy (non-hydrogen) atoms. The molecule has 2 aromatic rings. The maximum atomic E-state index is 11.9. The van der Waals surface area contributed by atoms with Crippen molar-refractivity contribution in [2.24, 2.45) is 0 Å². The fraction of sp³-hybridized carbons (Fsp3) is 0.167. The summed E-state index contributed by atoms with van der Waals surface area (Å²) in [5, 5.41) is 8.47. The van der Waals surface area contributed by atoms with E-state index < -0.39 is 11.8 Å². The summed E-state index contributed by atoms with van der Waals surface area (Å²) in [5.41, 5.74) is 1.95. The lowest BCUT2D eigenvalue weighted by Crippen LogP contribution is -2.27. The Hall–Kier alpha value is -2.86. The van der Waals surface area contributed by atoms with Gasteiger partial charge in [-0.3, -0.25) is 14.4 Å². The van der Waals surface area contributed by atoms with E-state index >= 15 is 0 Å². The molecular weight excluding hydrogens is 342 g/mol. The maximum Gasteiger partial charge on any atom is 0.233 e. The first-order chi connectivity index (χ1) is 11.9. The fourth-order valence-electron chi connectivity index (χ4n) is 2.09. The van der Waals surface area contributed by atoms with Crippen LogP contribution in [0.3, 0.4) is 0 Å². The molecule has 7 heteroatoms. The molecule has 2 rings (SSSR count). The molecule has 0 saturated heterocycles. The average molecular weight is 360 g/mol. The quantitative estimate of drug-likeness (QED) is 0.693. The Kier molecular flexibility index (Phi) is 6.54. The van der Waals surface area contributed by atoms with Gasteiger partial charge in [-0.05, 0) is 35.9 Å². The zero-order chi connectivity index (χ0) is 18.2. The Morgan fingerprint density at radius 3 is 2.08 bits per heavy atom. The van der Waals surface area contributed by atoms with Gasteiger partial charge in [-0.15, -0.1) is 0 Å². The molecule has 0 bridgehead atoms. The molecule has 0 saturated carbocycles. The molecule has 3 amide bonds. The van der Waals surface area contributed by atoms with E-state index in [9.17, 15) is 14.4 Å². The van der Waals surface area contributed by atoms with E-state index in [1.54, 1.807) is 42.5 Å². The van der Waals surface area contributed by atoms with E-state index in [4.69, 9.17) is 11.6 Å². The van der Waals surface area contributed by atoms with Gasteiger partial charge in [-0.25, -0.2) is 0 Å². The third-order valence-electron chi connectivity index (χ3n) is 3.24. The fourth-order valence-corrected chi connectivity index (χ4v) is 2.29. The number of carbonyl (C=O) groups excluding carboxylic acids is 3. The first-order valence-electron chi connectivity index (χ1n) is 7.61. The minimum atomic E-state index is -0.427. The first kappa shape index (κ1) is 18.5. The molecule has 0 fully saturated rings. The van der Waals surface area contributed by atoms with Crippen LogP contribution in [0.25, 0.3) is 0 Å². The van der Waals surface area contributed by atoms with Crippen molar-refractivity contribution in [1.82, 2.24) is 5.32 Å². The van der Waals surface area contributed by atoms with Crippen LogP contribution in [0.4, 0.5) is 11.4 Å². The highest BCUT2D eigenvalue weighted by molar-refractivity contribution is 6.31. The second-order valence-corrected chi connectivity index (χ2v) is 5.76. The Labute approximate surface area is 150 Å². The Morgan fingerprint density at radius 2 is 1.48 bits per heavy atom. The molecular formula is C18H18ClN3O3. The minimum Gasteiger partial charge on any atom is -0.352 e. The third kappa shape index (κ3) is 6.27. The van der Waals surface area contributed by atoms with Crippen LogP contribution in [0.15, 0.2) is 48.5 Å². The second-order valence-electron chi connectivity index (χ2n) is 5.35. The molecule has 0 heterocycles. The van der Waals surface area contributed by atoms with Crippen LogP contribution in [-0.2, 0) is 20.9 Å². The lowest BCUT2D eigenvalue weighted by Gasteiger charge is -2.08. The molecule has 0 radical (unpaired) electrons. The summed E-state index contributed by atoms with van der Waals surface area (Å²) in [6.07, 6.45) is -0.294. The summed E-state index contributed by atoms with van der Waals surface area (Å²) in [6.45, 7) is 1.67. The maximum absolute atomic E-state index is 11.9. The molecule has 0 aliphatic carbocycles. The molecule has 0 aromatic heterocycles. The topological polar surface area (TPSA) is 87.3 Å². The highest BCUT2D eigenvalue weighted by atomic mass is 35.5. The van der Waals surface area contributed by atoms with Gasteiger partial charge in [-0.1, -0.05) is 29.8 Å². The number of amides is 3. The van der Waals surface area contributed by atoms with Gasteiger partial charge in [-0.2, -0.15) is 0 Å². The van der Waals surface area contributed by atoms with Crippen molar-refractivity contribution in [3.8, 4) is 0 Å². The lowest BCUT2D eigenvalue weighted by molar-refractivity contribution is -0.127. The van der Waals surface area contributed by atoms with Gasteiger partial charge in [0.15, 0.2) is 0 Å². The number of carbonyl (C=O) groups is 3. The van der Waals surface area contributed by atoms with E-state index in [1.165, 1.54) is 6.92 Å². The van der Waals surface area contributed by atoms with E-state index in [1.807, 2.05) is 6.07 Å². The molecule has 0 spiro atoms. The van der Waals surface area contributed by atoms with Crippen molar-refractivity contribution in [2.45, 2.75) is 19.9 Å². The van der Waals surface area contributed by atoms with Crippen LogP contribution in [0.5, 0.6) is 0 Å². The predicted octanol–water partition coefficient (Wildman–Crippen LogP) is 2.94. The number of hydrogen-bond acceptors (Lipinski definition) is 3. The highest BCUT2D eigenvalue weighted by Gasteiger charge is 2.10. The van der Waals surface area contributed by atoms with Gasteiger partial charge >= 0.3 is 0 Å². The number of benzene rings is 2. The normalized spacial score (nSPS) is 10.0. The second kappa shape index (κ2) is 8.84. The summed E-state index contributed by atoms with van der Waals surface area (Å²) < 4.78 is 0. The van der Waals surface area contributed by atoms with Crippen molar-refractivity contribution in [3.63, 3.8) is 0 Å². The first-order valence-corrected chi connectivity index (χ1v) is 7.99. The smallest absolute Gasteiger partial charge is 0.233 e. The molecule has 0 aliphatic heterocycles. The van der Waals surface area contributed by atoms with E-state index in [0.717, 1.165) is 5.56 Å². The average Bonchev–Trinajstić information content (AvgIpc) is 2.55. The number of hydrogen-bond donors (Lipinski definition) is 3. The van der Waals surface area contributed by atoms with Gasteiger partial charge < -0.3 is 16.0 Å². The van der Waals surface area contributed by atoms with Crippen LogP contribution < -0.4 is 16.0 Å². The monoisotopic (exact) mass is 359 g/mol. The van der Waals surface area contributed by atoms with Gasteiger partial charge in [0.25, 0.3) is 0 Å². The molecule has 0 aliphatic rings. The van der Waals surface area contributed by atoms with Gasteiger partial charge in [0.05, 0.1) is 0 Å². The van der Waals surface area contributed by atoms with Crippen LogP contribution in [-0.4, -0.2) is 17.7 Å². The molecule has 2 aromatic carbocycles. The van der Waals surface area contributed by atoms with Crippen LogP contribution in [0.1, 0.15) is 18.9 Å². The van der Waals surface area contributed by atoms with Crippen molar-refractivity contribution >= 4 is 40.7 Å². The van der Waals surface area contributed by atoms with E-state index in [-0.39, 0.29) is 18.9 Å². The zero-order valence-electron chi connectivity index (χ0n) is 13.6. The Balaban J connectivity index is 1.80. The molecule has 6 nitrogen and oxygen atoms in total. The third-order valence-corrected chi connectivity index (χ3v) is 3.61. The van der Waals surface area contributed by atoms with Crippen molar-refractivity contribution in [3.05, 3.63) is 59.1 Å². The molecule has 0 unspecified atom stereocenters. The standard InChI is InChI=1S/C18H18ClN3O3/c1-12(23)21-14-6-8-15(9-7-14)22-18(25)10-17(24)20-11-13-4-2-3-5-16(13)19/h2-9H,10-11H2,1H3,(H,20,24)(H,21,23)(H,22,25). The Bertz CT molecular complexity index is 775. The summed E-state index contributed by atoms with van der Waals surface area (Å²) >= 11 is 6.01. The zero-order valence-corrected chi connectivity index (χ0v) is 14.4. The van der Waals surface area contributed by atoms with E-state index in [2.05, 4.69) is 16.0 Å². The van der Waals surface area contributed by atoms with Gasteiger partial charge in [0, 0.05) is 29.9 Å². The molecule has 130 valence electrons. The summed E-state index contributed by atoms with van der Waals surface area (Å²) in [5.74, 6) is -0.997. The van der Waals surface area contributed by atoms with E-state index in [0.29, 0.717) is 16.4 Å². The number of anilines is 2. The van der Waals surface area contributed by atoms with Crippen LogP contribution in [0, 0.1) is 0 Å². The number of rotatable bonds is 6. The predicted molar refractivity (Wildman–Crippen MR) is 97.3 cm³/mol. The lowest BCUT2D eigenvalue weighted by atomic mass is 10.2. The van der Waals surface area contributed by atoms with Crippen molar-refractivity contribution < 1.29 is 14.4 Å². The van der Waals surface area contributed by atoms with Crippen LogP contribution >= 0.6 is 11.6 Å². The molecule has 3 N–H and O–H groups in total. The highest BCUT2D eigenvalue weighted by Crippen LogP contribution is 2.15. The van der Waals surface area contributed by atoms with Crippen LogP contribution in [0.2, 0.25) is 5.02 Å². The number of nitrogens with one attached hydrogen (secondary N) is 3. The molecule has 0 atom stereocenters. The van der Waals surface area contributed by atoms with Crippen molar-refractivity contribution in [2.75, 3.05) is 10.6 Å². The summed E-state index contributed by atoms with van der Waals surface area (Å²) in [6, 6.07) is 13.8. The largest absolute Gasteiger partial charge is 0.352 e. The number of halogens is 1. The summed E-state index contributed by atoms with van der Waals surface area (Å²) in [4.78, 5) is 34.7. The Morgan fingerprint density at radius 1 is 0.880 bits per heavy atom. The van der Waals surface area contributed by atoms with Gasteiger partial charge in [0.2, 0.25) is 17.7 Å². The minimum absolute atomic E-state index is 0.174. The SMILES string of the molecule is CC(=O)Nc1ccc(NC(=O)CC(=O)NCc2ccccc2Cl)cc1. The van der Waals surface area contributed by atoms with Crippen molar-refractivity contribution in [1.29, 1.82) is 0 Å². The summed E-state index contributed by atoms with van der Waals surface area (Å²) in [7, 11) is 0.